The second kappa shape index (κ2) is 6.78. The van der Waals surface area contributed by atoms with E-state index in [9.17, 15) is 9.90 Å². The first kappa shape index (κ1) is 15.5. The molecule has 122 valence electrons. The third-order valence-corrected chi connectivity index (χ3v) is 4.03. The van der Waals surface area contributed by atoms with E-state index in [4.69, 9.17) is 4.52 Å². The van der Waals surface area contributed by atoms with Crippen molar-refractivity contribution in [1.29, 1.82) is 0 Å². The number of aryl methyl sites for hydroxylation is 1. The third kappa shape index (κ3) is 3.34. The van der Waals surface area contributed by atoms with Crippen molar-refractivity contribution in [2.45, 2.75) is 25.8 Å². The molecule has 1 aromatic heterocycles. The van der Waals surface area contributed by atoms with E-state index in [-0.39, 0.29) is 18.7 Å². The maximum absolute atomic E-state index is 12.4. The van der Waals surface area contributed by atoms with Gasteiger partial charge in [-0.25, -0.2) is 4.79 Å². The summed E-state index contributed by atoms with van der Waals surface area (Å²) >= 11 is 0. The van der Waals surface area contributed by atoms with Crippen LogP contribution in [0.1, 0.15) is 28.9 Å². The van der Waals surface area contributed by atoms with Crippen LogP contribution in [0.4, 0.5) is 4.79 Å². The minimum Gasteiger partial charge on any atom is -0.394 e. The Hall–Kier alpha value is -2.41. The summed E-state index contributed by atoms with van der Waals surface area (Å²) in [4.78, 5) is 18.2. The Kier molecular flexibility index (Phi) is 4.57. The SMILES string of the molecule is Cc1noc(CCNC(=O)N2CCc3ccccc3C2CO)n1. The Bertz CT molecular complexity index is 685. The van der Waals surface area contributed by atoms with Crippen LogP contribution in [0, 0.1) is 6.92 Å². The van der Waals surface area contributed by atoms with Crippen LogP contribution in [0.3, 0.4) is 0 Å². The molecule has 2 N–H and O–H groups in total. The van der Waals surface area contributed by atoms with E-state index >= 15 is 0 Å². The minimum absolute atomic E-state index is 0.0900. The highest BCUT2D eigenvalue weighted by Gasteiger charge is 2.29. The Labute approximate surface area is 134 Å². The molecule has 1 aliphatic heterocycles. The van der Waals surface area contributed by atoms with Crippen molar-refractivity contribution in [3.05, 3.63) is 47.1 Å². The van der Waals surface area contributed by atoms with Crippen LogP contribution in [0.5, 0.6) is 0 Å². The third-order valence-electron chi connectivity index (χ3n) is 4.03. The molecule has 0 aliphatic carbocycles. The first-order chi connectivity index (χ1) is 11.2. The number of aliphatic hydroxyl groups is 1. The first-order valence-corrected chi connectivity index (χ1v) is 7.71. The molecule has 3 rings (SSSR count). The quantitative estimate of drug-likeness (QED) is 0.885. The Morgan fingerprint density at radius 3 is 3.04 bits per heavy atom. The predicted molar refractivity (Wildman–Crippen MR) is 82.8 cm³/mol. The first-order valence-electron chi connectivity index (χ1n) is 7.71. The maximum Gasteiger partial charge on any atom is 0.318 e. The van der Waals surface area contributed by atoms with Gasteiger partial charge in [0.15, 0.2) is 5.82 Å². The van der Waals surface area contributed by atoms with Gasteiger partial charge in [-0.1, -0.05) is 29.4 Å². The van der Waals surface area contributed by atoms with Gasteiger partial charge in [0.1, 0.15) is 0 Å². The van der Waals surface area contributed by atoms with Gasteiger partial charge in [0.25, 0.3) is 0 Å². The molecule has 0 spiro atoms. The molecule has 1 aromatic carbocycles. The number of nitrogens with one attached hydrogen (secondary N) is 1. The van der Waals surface area contributed by atoms with Crippen LogP contribution < -0.4 is 5.32 Å². The van der Waals surface area contributed by atoms with Crippen LogP contribution in [-0.4, -0.2) is 45.9 Å². The normalized spacial score (nSPS) is 17.0. The van der Waals surface area contributed by atoms with Gasteiger partial charge in [-0.15, -0.1) is 0 Å². The molecule has 0 saturated heterocycles. The zero-order valence-corrected chi connectivity index (χ0v) is 13.0. The van der Waals surface area contributed by atoms with Gasteiger partial charge in [0.2, 0.25) is 5.89 Å². The number of hydrogen-bond donors (Lipinski definition) is 2. The summed E-state index contributed by atoms with van der Waals surface area (Å²) in [5, 5.41) is 16.3. The fraction of sp³-hybridized carbons (Fsp3) is 0.438. The highest BCUT2D eigenvalue weighted by atomic mass is 16.5. The van der Waals surface area contributed by atoms with Crippen LogP contribution in [-0.2, 0) is 12.8 Å². The lowest BCUT2D eigenvalue weighted by Crippen LogP contribution is -2.47. The van der Waals surface area contributed by atoms with E-state index in [1.165, 1.54) is 5.56 Å². The molecular weight excluding hydrogens is 296 g/mol. The number of aliphatic hydroxyl groups excluding tert-OH is 1. The zero-order chi connectivity index (χ0) is 16.2. The molecule has 2 heterocycles. The number of carbonyl (C=O) groups is 1. The summed E-state index contributed by atoms with van der Waals surface area (Å²) in [6.07, 6.45) is 1.28. The number of hydrogen-bond acceptors (Lipinski definition) is 5. The van der Waals surface area contributed by atoms with Crippen molar-refractivity contribution in [3.8, 4) is 0 Å². The van der Waals surface area contributed by atoms with Crippen LogP contribution in [0.2, 0.25) is 0 Å². The zero-order valence-electron chi connectivity index (χ0n) is 13.0. The molecule has 23 heavy (non-hydrogen) atoms. The molecule has 7 heteroatoms. The van der Waals surface area contributed by atoms with Crippen molar-refractivity contribution in [2.75, 3.05) is 19.7 Å². The second-order valence-electron chi connectivity index (χ2n) is 5.56. The number of rotatable bonds is 4. The standard InChI is InChI=1S/C16H20N4O3/c1-11-18-15(23-19-11)6-8-17-16(22)20-9-7-12-4-2-3-5-13(12)14(20)10-21/h2-5,14,21H,6-10H2,1H3,(H,17,22). The molecule has 1 aliphatic rings. The number of aromatic nitrogens is 2. The smallest absolute Gasteiger partial charge is 0.318 e. The van der Waals surface area contributed by atoms with Crippen molar-refractivity contribution in [2.24, 2.45) is 0 Å². The highest BCUT2D eigenvalue weighted by molar-refractivity contribution is 5.75. The summed E-state index contributed by atoms with van der Waals surface area (Å²) in [5.41, 5.74) is 2.21. The van der Waals surface area contributed by atoms with Gasteiger partial charge < -0.3 is 19.8 Å². The summed E-state index contributed by atoms with van der Waals surface area (Å²) < 4.78 is 5.01. The molecule has 0 radical (unpaired) electrons. The minimum atomic E-state index is -0.300. The van der Waals surface area contributed by atoms with Gasteiger partial charge in [-0.2, -0.15) is 4.98 Å². The van der Waals surface area contributed by atoms with Crippen molar-refractivity contribution in [3.63, 3.8) is 0 Å². The number of fused-ring (bicyclic) bond motifs is 1. The summed E-state index contributed by atoms with van der Waals surface area (Å²) in [6, 6.07) is 7.44. The summed E-state index contributed by atoms with van der Waals surface area (Å²) in [6.45, 7) is 2.67. The van der Waals surface area contributed by atoms with E-state index in [1.54, 1.807) is 11.8 Å². The Morgan fingerprint density at radius 1 is 1.48 bits per heavy atom. The molecule has 2 aromatic rings. The summed E-state index contributed by atoms with van der Waals surface area (Å²) in [7, 11) is 0. The van der Waals surface area contributed by atoms with Gasteiger partial charge in [-0.05, 0) is 24.5 Å². The van der Waals surface area contributed by atoms with Crippen molar-refractivity contribution >= 4 is 6.03 Å². The molecule has 0 saturated carbocycles. The number of carbonyl (C=O) groups excluding carboxylic acids is 1. The Morgan fingerprint density at radius 2 is 2.30 bits per heavy atom. The van der Waals surface area contributed by atoms with E-state index < -0.39 is 0 Å². The highest BCUT2D eigenvalue weighted by Crippen LogP contribution is 2.29. The fourth-order valence-electron chi connectivity index (χ4n) is 2.91. The topological polar surface area (TPSA) is 91.5 Å². The number of benzene rings is 1. The maximum atomic E-state index is 12.4. The van der Waals surface area contributed by atoms with Crippen LogP contribution in [0.15, 0.2) is 28.8 Å². The van der Waals surface area contributed by atoms with Crippen molar-refractivity contribution in [1.82, 2.24) is 20.4 Å². The van der Waals surface area contributed by atoms with E-state index in [1.807, 2.05) is 24.3 Å². The number of nitrogens with zero attached hydrogens (tertiary/aromatic N) is 3. The number of urea groups is 1. The van der Waals surface area contributed by atoms with Crippen LogP contribution in [0.25, 0.3) is 0 Å². The van der Waals surface area contributed by atoms with E-state index in [0.717, 1.165) is 12.0 Å². The summed E-state index contributed by atoms with van der Waals surface area (Å²) in [5.74, 6) is 1.09. The van der Waals surface area contributed by atoms with Gasteiger partial charge in [0.05, 0.1) is 12.6 Å². The van der Waals surface area contributed by atoms with E-state index in [2.05, 4.69) is 15.5 Å². The lowest BCUT2D eigenvalue weighted by Gasteiger charge is -2.36. The van der Waals surface area contributed by atoms with Gasteiger partial charge in [0, 0.05) is 19.5 Å². The average Bonchev–Trinajstić information content (AvgIpc) is 2.99. The molecule has 1 atom stereocenters. The molecule has 1 unspecified atom stereocenters. The van der Waals surface area contributed by atoms with Gasteiger partial charge in [-0.3, -0.25) is 0 Å². The van der Waals surface area contributed by atoms with E-state index in [0.29, 0.717) is 31.2 Å². The van der Waals surface area contributed by atoms with Crippen molar-refractivity contribution < 1.29 is 14.4 Å². The lowest BCUT2D eigenvalue weighted by atomic mass is 9.93. The van der Waals surface area contributed by atoms with Crippen LogP contribution >= 0.6 is 0 Å². The van der Waals surface area contributed by atoms with Gasteiger partial charge >= 0.3 is 6.03 Å². The number of amides is 2. The fourth-order valence-corrected chi connectivity index (χ4v) is 2.91. The molecule has 2 amide bonds. The average molecular weight is 316 g/mol. The monoisotopic (exact) mass is 316 g/mol. The molecular formula is C16H20N4O3. The predicted octanol–water partition coefficient (Wildman–Crippen LogP) is 1.22. The Balaban J connectivity index is 1.61. The molecule has 0 fully saturated rings. The lowest BCUT2D eigenvalue weighted by molar-refractivity contribution is 0.127. The largest absolute Gasteiger partial charge is 0.394 e. The second-order valence-corrected chi connectivity index (χ2v) is 5.56. The molecule has 0 bridgehead atoms. The molecule has 7 nitrogen and oxygen atoms in total.